The molecule has 1 aromatic heterocycles. The van der Waals surface area contributed by atoms with Crippen LogP contribution in [0, 0.1) is 0 Å². The summed E-state index contributed by atoms with van der Waals surface area (Å²) in [6, 6.07) is 92.1. The van der Waals surface area contributed by atoms with Gasteiger partial charge in [-0.1, -0.05) is 237 Å². The lowest BCUT2D eigenvalue weighted by Gasteiger charge is -2.20. The summed E-state index contributed by atoms with van der Waals surface area (Å²) in [6.07, 6.45) is 0. The number of fused-ring (bicyclic) bond motifs is 9. The Morgan fingerprint density at radius 3 is 1.00 bits per heavy atom. The standard InChI is InChI=1S/C71H41NS/c1-5-19-42(20-6-1)61-49-27-13-15-29-51(49)63(44-23-9-3-10-24-44)69-57-38-36-47(48-31-17-33-55(65(48)57)67(61)69)46-35-40-59-60(41-46)73-71(72-59)54-37-39-58-66-53(54)32-18-34-56(66)68-62(43-21-7-2-8-22-43)50-28-14-16-30-52(50)64(70(58)68)45-25-11-4-12-26-45/h1-41H. The van der Waals surface area contributed by atoms with Crippen LogP contribution in [0.25, 0.3) is 164 Å². The van der Waals surface area contributed by atoms with Gasteiger partial charge in [0.15, 0.2) is 0 Å². The van der Waals surface area contributed by atoms with Crippen LogP contribution in [0.4, 0.5) is 0 Å². The number of rotatable bonds is 6. The van der Waals surface area contributed by atoms with Crippen molar-refractivity contribution in [2.24, 2.45) is 0 Å². The zero-order valence-electron chi connectivity index (χ0n) is 39.5. The number of nitrogens with zero attached hydrogens (tertiary/aromatic N) is 1. The Balaban J connectivity index is 0.870. The van der Waals surface area contributed by atoms with Gasteiger partial charge in [0, 0.05) is 5.56 Å². The Morgan fingerprint density at radius 1 is 0.233 bits per heavy atom. The highest BCUT2D eigenvalue weighted by atomic mass is 32.1. The second-order valence-electron chi connectivity index (χ2n) is 19.5. The van der Waals surface area contributed by atoms with E-state index >= 15 is 0 Å². The van der Waals surface area contributed by atoms with Crippen molar-refractivity contribution >= 4 is 64.6 Å². The molecule has 2 heteroatoms. The molecule has 73 heavy (non-hydrogen) atoms. The van der Waals surface area contributed by atoms with Gasteiger partial charge in [0.1, 0.15) is 5.01 Å². The van der Waals surface area contributed by atoms with E-state index in [0.29, 0.717) is 0 Å². The molecule has 0 spiro atoms. The molecule has 1 nitrogen and oxygen atoms in total. The molecule has 0 atom stereocenters. The van der Waals surface area contributed by atoms with Crippen molar-refractivity contribution in [2.45, 2.75) is 0 Å². The summed E-state index contributed by atoms with van der Waals surface area (Å²) in [5, 5.41) is 11.2. The summed E-state index contributed by atoms with van der Waals surface area (Å²) < 4.78 is 1.18. The normalized spacial score (nSPS) is 12.1. The summed E-state index contributed by atoms with van der Waals surface area (Å²) in [7, 11) is 0. The first-order valence-electron chi connectivity index (χ1n) is 25.2. The van der Waals surface area contributed by atoms with E-state index in [1.807, 2.05) is 0 Å². The maximum Gasteiger partial charge on any atom is 0.125 e. The minimum atomic E-state index is 1.02. The molecule has 1 heterocycles. The second kappa shape index (κ2) is 15.6. The van der Waals surface area contributed by atoms with Crippen molar-refractivity contribution in [1.29, 1.82) is 0 Å². The van der Waals surface area contributed by atoms with Crippen LogP contribution in [0.15, 0.2) is 249 Å². The van der Waals surface area contributed by atoms with E-state index in [2.05, 4.69) is 249 Å². The third kappa shape index (κ3) is 5.81. The molecule has 16 rings (SSSR count). The summed E-state index contributed by atoms with van der Waals surface area (Å²) in [4.78, 5) is 5.42. The Morgan fingerprint density at radius 2 is 0.575 bits per heavy atom. The van der Waals surface area contributed by atoms with E-state index in [1.54, 1.807) is 11.3 Å². The molecule has 0 fully saturated rings. The molecule has 0 saturated carbocycles. The first-order chi connectivity index (χ1) is 36.3. The fraction of sp³-hybridized carbons (Fsp3) is 0. The molecular formula is C71H41NS. The molecule has 2 aliphatic carbocycles. The molecular weight excluding hydrogens is 899 g/mol. The van der Waals surface area contributed by atoms with Crippen molar-refractivity contribution in [1.82, 2.24) is 4.98 Å². The van der Waals surface area contributed by atoms with Crippen LogP contribution < -0.4 is 0 Å². The van der Waals surface area contributed by atoms with Crippen molar-refractivity contribution in [3.8, 4) is 111 Å². The van der Waals surface area contributed by atoms with Gasteiger partial charge in [0.2, 0.25) is 0 Å². The average Bonchev–Trinajstić information content (AvgIpc) is 4.15. The highest BCUT2D eigenvalue weighted by Gasteiger charge is 2.33. The lowest BCUT2D eigenvalue weighted by atomic mass is 9.82. The lowest BCUT2D eigenvalue weighted by molar-refractivity contribution is 1.49. The molecule has 0 aliphatic heterocycles. The van der Waals surface area contributed by atoms with E-state index in [1.165, 1.54) is 153 Å². The van der Waals surface area contributed by atoms with Crippen molar-refractivity contribution in [2.75, 3.05) is 0 Å². The SMILES string of the molecule is c1ccc(-c2c3c(c(-c4ccccc4)c4ccccc24)-c2ccc(-c4ccc5nc(-c6ccc7c8c(cccc68)-c6c-7c(-c7ccccc7)c7ccccc7c6-c6ccccc6)sc5c4)c4cccc-3c24)cc1. The summed E-state index contributed by atoms with van der Waals surface area (Å²) in [5.41, 5.74) is 25.1. The van der Waals surface area contributed by atoms with Gasteiger partial charge in [-0.05, 0) is 155 Å². The minimum Gasteiger partial charge on any atom is -0.236 e. The first-order valence-corrected chi connectivity index (χ1v) is 26.0. The third-order valence-electron chi connectivity index (χ3n) is 15.8. The summed E-state index contributed by atoms with van der Waals surface area (Å²) >= 11 is 1.80. The second-order valence-corrected chi connectivity index (χ2v) is 20.6. The molecule has 0 amide bonds. The monoisotopic (exact) mass is 939 g/mol. The predicted octanol–water partition coefficient (Wildman–Crippen LogP) is 20.2. The van der Waals surface area contributed by atoms with E-state index < -0.39 is 0 Å². The third-order valence-corrected chi connectivity index (χ3v) is 16.8. The Kier molecular flexibility index (Phi) is 8.68. The minimum absolute atomic E-state index is 1.02. The topological polar surface area (TPSA) is 12.9 Å². The Bertz CT molecular complexity index is 4180. The number of benzene rings is 13. The highest BCUT2D eigenvalue weighted by Crippen LogP contribution is 2.61. The molecule has 2 aliphatic rings. The van der Waals surface area contributed by atoms with Crippen molar-refractivity contribution in [3.63, 3.8) is 0 Å². The number of hydrogen-bond donors (Lipinski definition) is 0. The quantitative estimate of drug-likeness (QED) is 0.162. The lowest BCUT2D eigenvalue weighted by Crippen LogP contribution is -1.93. The van der Waals surface area contributed by atoms with E-state index in [0.717, 1.165) is 10.5 Å². The molecule has 0 saturated heterocycles. The molecule has 0 bridgehead atoms. The highest BCUT2D eigenvalue weighted by molar-refractivity contribution is 7.21. The molecule has 0 unspecified atom stereocenters. The van der Waals surface area contributed by atoms with Crippen LogP contribution in [0.5, 0.6) is 0 Å². The fourth-order valence-corrected chi connectivity index (χ4v) is 13.9. The summed E-state index contributed by atoms with van der Waals surface area (Å²) in [5.74, 6) is 0. The largest absolute Gasteiger partial charge is 0.236 e. The van der Waals surface area contributed by atoms with Crippen LogP contribution in [0.3, 0.4) is 0 Å². The van der Waals surface area contributed by atoms with Gasteiger partial charge in [0.25, 0.3) is 0 Å². The number of hydrogen-bond acceptors (Lipinski definition) is 2. The Hall–Kier alpha value is -9.21. The molecule has 0 N–H and O–H groups in total. The smallest absolute Gasteiger partial charge is 0.125 e. The van der Waals surface area contributed by atoms with E-state index in [-0.39, 0.29) is 0 Å². The van der Waals surface area contributed by atoms with Crippen LogP contribution in [0.2, 0.25) is 0 Å². The van der Waals surface area contributed by atoms with Crippen LogP contribution >= 0.6 is 11.3 Å². The van der Waals surface area contributed by atoms with Gasteiger partial charge < -0.3 is 0 Å². The average molecular weight is 940 g/mol. The summed E-state index contributed by atoms with van der Waals surface area (Å²) in [6.45, 7) is 0. The van der Waals surface area contributed by atoms with Crippen molar-refractivity contribution < 1.29 is 0 Å². The van der Waals surface area contributed by atoms with Crippen LogP contribution in [-0.4, -0.2) is 4.98 Å². The van der Waals surface area contributed by atoms with E-state index in [4.69, 9.17) is 4.98 Å². The van der Waals surface area contributed by atoms with Gasteiger partial charge in [-0.2, -0.15) is 0 Å². The zero-order valence-corrected chi connectivity index (χ0v) is 40.3. The van der Waals surface area contributed by atoms with Gasteiger partial charge >= 0.3 is 0 Å². The number of aromatic nitrogens is 1. The van der Waals surface area contributed by atoms with Gasteiger partial charge in [-0.25, -0.2) is 4.98 Å². The van der Waals surface area contributed by atoms with Gasteiger partial charge in [0.05, 0.1) is 10.2 Å². The van der Waals surface area contributed by atoms with E-state index in [9.17, 15) is 0 Å². The Labute approximate surface area is 426 Å². The van der Waals surface area contributed by atoms with Crippen molar-refractivity contribution in [3.05, 3.63) is 249 Å². The molecule has 336 valence electrons. The predicted molar refractivity (Wildman–Crippen MR) is 311 cm³/mol. The molecule has 14 aromatic rings. The first kappa shape index (κ1) is 40.5. The molecule has 0 radical (unpaired) electrons. The van der Waals surface area contributed by atoms with Gasteiger partial charge in [-0.15, -0.1) is 11.3 Å². The zero-order chi connectivity index (χ0) is 47.7. The fourth-order valence-electron chi connectivity index (χ4n) is 12.9. The maximum absolute atomic E-state index is 5.42. The molecule has 13 aromatic carbocycles. The van der Waals surface area contributed by atoms with Crippen LogP contribution in [-0.2, 0) is 0 Å². The van der Waals surface area contributed by atoms with Gasteiger partial charge in [-0.3, -0.25) is 0 Å². The maximum atomic E-state index is 5.42. The van der Waals surface area contributed by atoms with Crippen LogP contribution in [0.1, 0.15) is 0 Å². The number of thiazole rings is 1.